The van der Waals surface area contributed by atoms with Crippen molar-refractivity contribution < 1.29 is 13.2 Å². The number of nitrogens with zero attached hydrogens (tertiary/aromatic N) is 3. The first-order chi connectivity index (χ1) is 17.9. The molecule has 0 saturated carbocycles. The van der Waals surface area contributed by atoms with Crippen molar-refractivity contribution in [2.45, 2.75) is 37.6 Å². The molecule has 1 heterocycles. The van der Waals surface area contributed by atoms with Crippen LogP contribution in [0.5, 0.6) is 0 Å². The molecule has 1 amide bonds. The lowest BCUT2D eigenvalue weighted by atomic mass is 9.96. The van der Waals surface area contributed by atoms with E-state index in [9.17, 15) is 13.2 Å². The van der Waals surface area contributed by atoms with Crippen LogP contribution in [0.15, 0.2) is 89.8 Å². The first-order valence-electron chi connectivity index (χ1n) is 13.1. The third-order valence-corrected chi connectivity index (χ3v) is 9.22. The maximum Gasteiger partial charge on any atom is 0.243 e. The van der Waals surface area contributed by atoms with E-state index in [1.807, 2.05) is 43.0 Å². The molecule has 1 saturated heterocycles. The van der Waals surface area contributed by atoms with Gasteiger partial charge in [0.05, 0.1) is 10.9 Å². The molecule has 0 aliphatic carbocycles. The maximum absolute atomic E-state index is 13.0. The minimum atomic E-state index is -3.47. The Balaban J connectivity index is 1.34. The Morgan fingerprint density at radius 3 is 1.78 bits per heavy atom. The van der Waals surface area contributed by atoms with Crippen molar-refractivity contribution in [1.29, 1.82) is 0 Å². The van der Waals surface area contributed by atoms with Gasteiger partial charge in [0.1, 0.15) is 0 Å². The Bertz CT molecular complexity index is 1200. The van der Waals surface area contributed by atoms with Crippen LogP contribution >= 0.6 is 0 Å². The fourth-order valence-electron chi connectivity index (χ4n) is 5.06. The van der Waals surface area contributed by atoms with Gasteiger partial charge in [0.25, 0.3) is 0 Å². The van der Waals surface area contributed by atoms with Gasteiger partial charge >= 0.3 is 0 Å². The summed E-state index contributed by atoms with van der Waals surface area (Å²) in [6, 6.07) is 28.2. The second kappa shape index (κ2) is 12.5. The van der Waals surface area contributed by atoms with E-state index in [1.54, 1.807) is 12.1 Å². The Hall–Kier alpha value is -3.00. The van der Waals surface area contributed by atoms with Gasteiger partial charge in [0.2, 0.25) is 15.9 Å². The summed E-state index contributed by atoms with van der Waals surface area (Å²) in [7, 11) is -3.47. The molecule has 0 bridgehead atoms. The number of sulfonamides is 1. The van der Waals surface area contributed by atoms with Gasteiger partial charge in [0.15, 0.2) is 0 Å². The van der Waals surface area contributed by atoms with Crippen LogP contribution in [0.3, 0.4) is 0 Å². The molecule has 196 valence electrons. The van der Waals surface area contributed by atoms with Crippen molar-refractivity contribution in [3.05, 3.63) is 102 Å². The van der Waals surface area contributed by atoms with Gasteiger partial charge in [-0.15, -0.1) is 0 Å². The summed E-state index contributed by atoms with van der Waals surface area (Å²) in [5, 5.41) is 0. The van der Waals surface area contributed by atoms with E-state index in [-0.39, 0.29) is 11.9 Å². The van der Waals surface area contributed by atoms with Crippen molar-refractivity contribution in [1.82, 2.24) is 14.1 Å². The lowest BCUT2D eigenvalue weighted by molar-refractivity contribution is -0.133. The Labute approximate surface area is 221 Å². The zero-order valence-corrected chi connectivity index (χ0v) is 22.6. The largest absolute Gasteiger partial charge is 0.340 e. The van der Waals surface area contributed by atoms with Gasteiger partial charge in [0, 0.05) is 45.7 Å². The van der Waals surface area contributed by atoms with Crippen LogP contribution in [-0.4, -0.2) is 67.7 Å². The molecule has 0 unspecified atom stereocenters. The monoisotopic (exact) mass is 519 g/mol. The van der Waals surface area contributed by atoms with E-state index in [2.05, 4.69) is 53.4 Å². The van der Waals surface area contributed by atoms with Crippen molar-refractivity contribution in [2.75, 3.05) is 39.3 Å². The summed E-state index contributed by atoms with van der Waals surface area (Å²) in [4.78, 5) is 17.7. The molecular formula is C30H37N3O3S. The van der Waals surface area contributed by atoms with Gasteiger partial charge in [-0.3, -0.25) is 9.69 Å². The normalized spacial score (nSPS) is 14.9. The Morgan fingerprint density at radius 1 is 0.784 bits per heavy atom. The molecule has 7 heteroatoms. The Morgan fingerprint density at radius 2 is 1.30 bits per heavy atom. The van der Waals surface area contributed by atoms with Crippen LogP contribution in [0.2, 0.25) is 0 Å². The fourth-order valence-corrected chi connectivity index (χ4v) is 6.52. The van der Waals surface area contributed by atoms with Gasteiger partial charge < -0.3 is 4.90 Å². The molecule has 6 nitrogen and oxygen atoms in total. The zero-order chi connectivity index (χ0) is 26.3. The van der Waals surface area contributed by atoms with Crippen LogP contribution < -0.4 is 0 Å². The lowest BCUT2D eigenvalue weighted by Crippen LogP contribution is -2.49. The molecule has 1 aliphatic heterocycles. The summed E-state index contributed by atoms with van der Waals surface area (Å²) in [6.07, 6.45) is 1.02. The van der Waals surface area contributed by atoms with Crippen LogP contribution in [0, 0.1) is 0 Å². The maximum atomic E-state index is 13.0. The average Bonchev–Trinajstić information content (AvgIpc) is 2.94. The molecule has 3 aromatic rings. The molecule has 3 aromatic carbocycles. The second-order valence-electron chi connectivity index (χ2n) is 9.37. The van der Waals surface area contributed by atoms with Gasteiger partial charge in [-0.2, -0.15) is 4.31 Å². The van der Waals surface area contributed by atoms with E-state index in [1.165, 1.54) is 15.4 Å². The molecule has 4 rings (SSSR count). The molecular weight excluding hydrogens is 482 g/mol. The molecule has 0 N–H and O–H groups in total. The quantitative estimate of drug-likeness (QED) is 0.393. The summed E-state index contributed by atoms with van der Waals surface area (Å²) < 4.78 is 26.8. The molecule has 1 fully saturated rings. The lowest BCUT2D eigenvalue weighted by Gasteiger charge is -2.40. The van der Waals surface area contributed by atoms with Crippen LogP contribution in [0.25, 0.3) is 0 Å². The molecule has 0 spiro atoms. The van der Waals surface area contributed by atoms with E-state index in [0.717, 1.165) is 18.7 Å². The van der Waals surface area contributed by atoms with Crippen molar-refractivity contribution in [3.63, 3.8) is 0 Å². The number of rotatable bonds is 10. The third kappa shape index (κ3) is 6.47. The van der Waals surface area contributed by atoms with Crippen molar-refractivity contribution in [2.24, 2.45) is 0 Å². The van der Waals surface area contributed by atoms with Gasteiger partial charge in [-0.1, -0.05) is 86.6 Å². The highest BCUT2D eigenvalue weighted by Gasteiger charge is 2.28. The van der Waals surface area contributed by atoms with Gasteiger partial charge in [-0.25, -0.2) is 8.42 Å². The number of carbonyl (C=O) groups excluding carboxylic acids is 1. The number of piperazine rings is 1. The van der Waals surface area contributed by atoms with E-state index < -0.39 is 10.0 Å². The van der Waals surface area contributed by atoms with Crippen LogP contribution in [0.4, 0.5) is 0 Å². The minimum absolute atomic E-state index is 0.149. The number of amides is 1. The summed E-state index contributed by atoms with van der Waals surface area (Å²) >= 11 is 0. The summed E-state index contributed by atoms with van der Waals surface area (Å²) in [6.45, 7) is 7.61. The highest BCUT2D eigenvalue weighted by atomic mass is 32.2. The van der Waals surface area contributed by atoms with Gasteiger partial charge in [-0.05, 0) is 35.2 Å². The second-order valence-corrected chi connectivity index (χ2v) is 11.3. The predicted molar refractivity (Wildman–Crippen MR) is 148 cm³/mol. The number of carbonyl (C=O) groups is 1. The molecule has 37 heavy (non-hydrogen) atoms. The topological polar surface area (TPSA) is 60.9 Å². The highest BCUT2D eigenvalue weighted by Crippen LogP contribution is 2.29. The first-order valence-corrected chi connectivity index (χ1v) is 14.6. The standard InChI is InChI=1S/C30H37N3O3S/c1-3-33(4-2)37(35,36)28-18-15-25(16-19-28)17-20-29(34)31-21-23-32(24-22-31)30(26-11-7-5-8-12-26)27-13-9-6-10-14-27/h5-16,18-19,30H,3-4,17,20-24H2,1-2H3. The third-order valence-electron chi connectivity index (χ3n) is 7.16. The average molecular weight is 520 g/mol. The molecule has 1 aliphatic rings. The molecule has 0 radical (unpaired) electrons. The number of benzene rings is 3. The van der Waals surface area contributed by atoms with E-state index in [4.69, 9.17) is 0 Å². The Kier molecular flexibility index (Phi) is 9.14. The predicted octanol–water partition coefficient (Wildman–Crippen LogP) is 4.58. The van der Waals surface area contributed by atoms with Crippen molar-refractivity contribution >= 4 is 15.9 Å². The van der Waals surface area contributed by atoms with Crippen molar-refractivity contribution in [3.8, 4) is 0 Å². The molecule has 0 aromatic heterocycles. The molecule has 0 atom stereocenters. The summed E-state index contributed by atoms with van der Waals surface area (Å²) in [5.74, 6) is 0.149. The first kappa shape index (κ1) is 27.0. The number of hydrogen-bond acceptors (Lipinski definition) is 4. The summed E-state index contributed by atoms with van der Waals surface area (Å²) in [5.41, 5.74) is 3.50. The number of aryl methyl sites for hydroxylation is 1. The minimum Gasteiger partial charge on any atom is -0.340 e. The van der Waals surface area contributed by atoms with E-state index in [0.29, 0.717) is 43.9 Å². The van der Waals surface area contributed by atoms with Crippen LogP contribution in [-0.2, 0) is 21.2 Å². The number of hydrogen-bond donors (Lipinski definition) is 0. The SMILES string of the molecule is CCN(CC)S(=O)(=O)c1ccc(CCC(=O)N2CCN(C(c3ccccc3)c3ccccc3)CC2)cc1. The zero-order valence-electron chi connectivity index (χ0n) is 21.8. The van der Waals surface area contributed by atoms with E-state index >= 15 is 0 Å². The fraction of sp³-hybridized carbons (Fsp3) is 0.367. The highest BCUT2D eigenvalue weighted by molar-refractivity contribution is 7.89. The van der Waals surface area contributed by atoms with Crippen LogP contribution in [0.1, 0.15) is 43.0 Å². The smallest absolute Gasteiger partial charge is 0.243 e.